The van der Waals surface area contributed by atoms with Crippen LogP contribution in [0.25, 0.3) is 0 Å². The van der Waals surface area contributed by atoms with Crippen molar-refractivity contribution in [2.24, 2.45) is 0 Å². The summed E-state index contributed by atoms with van der Waals surface area (Å²) >= 11 is 6.01. The van der Waals surface area contributed by atoms with Crippen molar-refractivity contribution in [3.63, 3.8) is 0 Å². The van der Waals surface area contributed by atoms with Crippen LogP contribution < -0.4 is 4.90 Å². The van der Waals surface area contributed by atoms with E-state index in [1.807, 2.05) is 29.2 Å². The molecule has 0 radical (unpaired) electrons. The normalized spacial score (nSPS) is 13.9. The maximum absolute atomic E-state index is 13.2. The van der Waals surface area contributed by atoms with Crippen molar-refractivity contribution in [2.45, 2.75) is 25.8 Å². The number of methoxy groups -OCH3 is 1. The third-order valence-electron chi connectivity index (χ3n) is 4.71. The van der Waals surface area contributed by atoms with Gasteiger partial charge in [-0.15, -0.1) is 0 Å². The Kier molecular flexibility index (Phi) is 6.35. The SMILES string of the molecule is COC(=O)c1ccc(CN(C(=O)N2CCCCC2)c2ccc(Cl)cc2)cc1. The van der Waals surface area contributed by atoms with Gasteiger partial charge in [0.1, 0.15) is 0 Å². The van der Waals surface area contributed by atoms with Crippen molar-refractivity contribution in [2.75, 3.05) is 25.1 Å². The summed E-state index contributed by atoms with van der Waals surface area (Å²) < 4.78 is 4.73. The first-order chi connectivity index (χ1) is 13.1. The quantitative estimate of drug-likeness (QED) is 0.713. The zero-order chi connectivity index (χ0) is 19.2. The molecule has 0 N–H and O–H groups in total. The third kappa shape index (κ3) is 4.80. The van der Waals surface area contributed by atoms with Gasteiger partial charge in [0.05, 0.1) is 19.2 Å². The van der Waals surface area contributed by atoms with Gasteiger partial charge in [0, 0.05) is 23.8 Å². The van der Waals surface area contributed by atoms with E-state index in [0.717, 1.165) is 37.2 Å². The Morgan fingerprint density at radius 1 is 1.00 bits per heavy atom. The highest BCUT2D eigenvalue weighted by Gasteiger charge is 2.24. The second kappa shape index (κ2) is 8.91. The van der Waals surface area contributed by atoms with Crippen LogP contribution >= 0.6 is 11.6 Å². The Balaban J connectivity index is 1.83. The molecule has 6 heteroatoms. The van der Waals surface area contributed by atoms with E-state index in [4.69, 9.17) is 16.3 Å². The summed E-state index contributed by atoms with van der Waals surface area (Å²) in [6, 6.07) is 14.4. The molecule has 0 atom stereocenters. The van der Waals surface area contributed by atoms with Crippen LogP contribution in [-0.4, -0.2) is 37.1 Å². The molecule has 1 heterocycles. The number of hydrogen-bond donors (Lipinski definition) is 0. The molecule has 0 saturated carbocycles. The summed E-state index contributed by atoms with van der Waals surface area (Å²) in [6.45, 7) is 1.98. The van der Waals surface area contributed by atoms with Crippen molar-refractivity contribution in [1.29, 1.82) is 0 Å². The average Bonchev–Trinajstić information content (AvgIpc) is 2.73. The van der Waals surface area contributed by atoms with Gasteiger partial charge < -0.3 is 9.64 Å². The van der Waals surface area contributed by atoms with E-state index in [-0.39, 0.29) is 12.0 Å². The molecule has 0 spiro atoms. The van der Waals surface area contributed by atoms with E-state index in [1.54, 1.807) is 29.2 Å². The minimum Gasteiger partial charge on any atom is -0.465 e. The van der Waals surface area contributed by atoms with E-state index < -0.39 is 0 Å². The lowest BCUT2D eigenvalue weighted by atomic mass is 10.1. The van der Waals surface area contributed by atoms with Gasteiger partial charge in [-0.25, -0.2) is 9.59 Å². The molecule has 3 rings (SSSR count). The van der Waals surface area contributed by atoms with Crippen LogP contribution in [0, 0.1) is 0 Å². The number of esters is 1. The summed E-state index contributed by atoms with van der Waals surface area (Å²) in [7, 11) is 1.36. The Bertz CT molecular complexity index is 784. The molecule has 2 aromatic rings. The molecule has 0 aromatic heterocycles. The molecule has 2 aromatic carbocycles. The van der Waals surface area contributed by atoms with Gasteiger partial charge in [0.25, 0.3) is 0 Å². The lowest BCUT2D eigenvalue weighted by molar-refractivity contribution is 0.0600. The molecule has 2 amide bonds. The molecule has 1 fully saturated rings. The zero-order valence-corrected chi connectivity index (χ0v) is 16.1. The highest BCUT2D eigenvalue weighted by molar-refractivity contribution is 6.30. The number of nitrogens with zero attached hydrogens (tertiary/aromatic N) is 2. The van der Waals surface area contributed by atoms with Gasteiger partial charge in [0.15, 0.2) is 0 Å². The maximum atomic E-state index is 13.2. The standard InChI is InChI=1S/C21H23ClN2O3/c1-27-20(25)17-7-5-16(6-8-17)15-24(19-11-9-18(22)10-12-19)21(26)23-13-3-2-4-14-23/h5-12H,2-4,13-15H2,1H3. The maximum Gasteiger partial charge on any atom is 0.337 e. The Hall–Kier alpha value is -2.53. The van der Waals surface area contributed by atoms with Crippen LogP contribution in [0.1, 0.15) is 35.2 Å². The van der Waals surface area contributed by atoms with E-state index >= 15 is 0 Å². The van der Waals surface area contributed by atoms with Gasteiger partial charge in [-0.3, -0.25) is 4.90 Å². The minimum atomic E-state index is -0.375. The summed E-state index contributed by atoms with van der Waals surface area (Å²) in [4.78, 5) is 28.4. The van der Waals surface area contributed by atoms with Gasteiger partial charge in [-0.2, -0.15) is 0 Å². The van der Waals surface area contributed by atoms with Crippen LogP contribution in [0.3, 0.4) is 0 Å². The molecule has 142 valence electrons. The molecule has 5 nitrogen and oxygen atoms in total. The third-order valence-corrected chi connectivity index (χ3v) is 4.96. The number of anilines is 1. The number of benzene rings is 2. The number of halogens is 1. The van der Waals surface area contributed by atoms with Crippen molar-refractivity contribution in [3.05, 3.63) is 64.7 Å². The van der Waals surface area contributed by atoms with Crippen LogP contribution in [0.5, 0.6) is 0 Å². The summed E-state index contributed by atoms with van der Waals surface area (Å²) in [5.74, 6) is -0.375. The molecular weight excluding hydrogens is 364 g/mol. The van der Waals surface area contributed by atoms with E-state index in [2.05, 4.69) is 0 Å². The molecule has 0 aliphatic carbocycles. The van der Waals surface area contributed by atoms with E-state index in [1.165, 1.54) is 13.5 Å². The van der Waals surface area contributed by atoms with Crippen LogP contribution in [0.15, 0.2) is 48.5 Å². The molecule has 0 unspecified atom stereocenters. The monoisotopic (exact) mass is 386 g/mol. The van der Waals surface area contributed by atoms with Gasteiger partial charge >= 0.3 is 12.0 Å². The van der Waals surface area contributed by atoms with Crippen molar-refractivity contribution >= 4 is 29.3 Å². The minimum absolute atomic E-state index is 0.00549. The van der Waals surface area contributed by atoms with Gasteiger partial charge in [-0.1, -0.05) is 23.7 Å². The van der Waals surface area contributed by atoms with Gasteiger partial charge in [-0.05, 0) is 61.2 Å². The molecule has 0 bridgehead atoms. The van der Waals surface area contributed by atoms with Crippen LogP contribution in [0.2, 0.25) is 5.02 Å². The predicted molar refractivity (Wildman–Crippen MR) is 106 cm³/mol. The topological polar surface area (TPSA) is 49.9 Å². The number of carbonyl (C=O) groups excluding carboxylic acids is 2. The van der Waals surface area contributed by atoms with Crippen molar-refractivity contribution < 1.29 is 14.3 Å². The molecule has 1 aliphatic rings. The summed E-state index contributed by atoms with van der Waals surface area (Å²) in [5.41, 5.74) is 2.22. The smallest absolute Gasteiger partial charge is 0.337 e. The summed E-state index contributed by atoms with van der Waals surface area (Å²) in [5, 5.41) is 0.631. The zero-order valence-electron chi connectivity index (χ0n) is 15.4. The number of likely N-dealkylation sites (tertiary alicyclic amines) is 1. The fourth-order valence-electron chi connectivity index (χ4n) is 3.19. The molecular formula is C21H23ClN2O3. The van der Waals surface area contributed by atoms with Crippen LogP contribution in [-0.2, 0) is 11.3 Å². The number of ether oxygens (including phenoxy) is 1. The van der Waals surface area contributed by atoms with E-state index in [9.17, 15) is 9.59 Å². The van der Waals surface area contributed by atoms with Crippen molar-refractivity contribution in [3.8, 4) is 0 Å². The average molecular weight is 387 g/mol. The predicted octanol–water partition coefficient (Wildman–Crippen LogP) is 4.74. The number of carbonyl (C=O) groups is 2. The Morgan fingerprint density at radius 3 is 2.22 bits per heavy atom. The highest BCUT2D eigenvalue weighted by Crippen LogP contribution is 2.23. The lowest BCUT2D eigenvalue weighted by Gasteiger charge is -2.33. The van der Waals surface area contributed by atoms with E-state index in [0.29, 0.717) is 17.1 Å². The lowest BCUT2D eigenvalue weighted by Crippen LogP contribution is -2.45. The highest BCUT2D eigenvalue weighted by atomic mass is 35.5. The molecule has 1 aliphatic heterocycles. The Morgan fingerprint density at radius 2 is 1.63 bits per heavy atom. The largest absolute Gasteiger partial charge is 0.465 e. The number of urea groups is 1. The number of rotatable bonds is 4. The second-order valence-electron chi connectivity index (χ2n) is 6.58. The first-order valence-corrected chi connectivity index (χ1v) is 9.45. The second-order valence-corrected chi connectivity index (χ2v) is 7.02. The summed E-state index contributed by atoms with van der Waals surface area (Å²) in [6.07, 6.45) is 3.24. The molecule has 1 saturated heterocycles. The molecule has 27 heavy (non-hydrogen) atoms. The fourth-order valence-corrected chi connectivity index (χ4v) is 3.32. The Labute approximate surface area is 164 Å². The number of hydrogen-bond acceptors (Lipinski definition) is 3. The van der Waals surface area contributed by atoms with Gasteiger partial charge in [0.2, 0.25) is 0 Å². The number of piperidine rings is 1. The van der Waals surface area contributed by atoms with Crippen LogP contribution in [0.4, 0.5) is 10.5 Å². The van der Waals surface area contributed by atoms with Crippen molar-refractivity contribution in [1.82, 2.24) is 4.90 Å². The first kappa shape index (κ1) is 19.2. The fraction of sp³-hybridized carbons (Fsp3) is 0.333. The first-order valence-electron chi connectivity index (χ1n) is 9.08. The number of amides is 2.